The highest BCUT2D eigenvalue weighted by atomic mass is 35.5. The molecule has 3 rings (SSSR count). The Kier molecular flexibility index (Phi) is 5.63. The second-order valence-electron chi connectivity index (χ2n) is 5.58. The average molecular weight is 400 g/mol. The minimum atomic E-state index is -0.559. The average Bonchev–Trinajstić information content (AvgIpc) is 3.07. The molecule has 0 aliphatic heterocycles. The third-order valence-corrected chi connectivity index (χ3v) is 4.88. The SMILES string of the molecule is Cc1csc(N(C(=O)/C=C/c2ccc(Cl)c([N+](=O)[O-])c2)c2ccccc2)n1. The van der Waals surface area contributed by atoms with E-state index in [4.69, 9.17) is 11.6 Å². The number of para-hydroxylation sites is 1. The van der Waals surface area contributed by atoms with Crippen molar-refractivity contribution in [3.8, 4) is 0 Å². The number of hydrogen-bond acceptors (Lipinski definition) is 5. The summed E-state index contributed by atoms with van der Waals surface area (Å²) < 4.78 is 0. The van der Waals surface area contributed by atoms with Crippen molar-refractivity contribution >= 4 is 51.4 Å². The summed E-state index contributed by atoms with van der Waals surface area (Å²) in [6.07, 6.45) is 2.87. The van der Waals surface area contributed by atoms with Gasteiger partial charge in [0.2, 0.25) is 0 Å². The van der Waals surface area contributed by atoms with Crippen LogP contribution in [0.4, 0.5) is 16.5 Å². The lowest BCUT2D eigenvalue weighted by Crippen LogP contribution is -2.23. The van der Waals surface area contributed by atoms with Crippen LogP contribution in [0.1, 0.15) is 11.3 Å². The van der Waals surface area contributed by atoms with E-state index in [1.165, 1.54) is 40.5 Å². The Morgan fingerprint density at radius 2 is 2.00 bits per heavy atom. The Balaban J connectivity index is 1.92. The lowest BCUT2D eigenvalue weighted by Gasteiger charge is -2.18. The lowest BCUT2D eigenvalue weighted by molar-refractivity contribution is -0.384. The van der Waals surface area contributed by atoms with Gasteiger partial charge in [0.05, 0.1) is 16.3 Å². The maximum absolute atomic E-state index is 12.9. The van der Waals surface area contributed by atoms with Crippen LogP contribution >= 0.6 is 22.9 Å². The van der Waals surface area contributed by atoms with Gasteiger partial charge in [0.15, 0.2) is 5.13 Å². The number of anilines is 2. The number of benzene rings is 2. The first kappa shape index (κ1) is 18.8. The molecule has 0 spiro atoms. The molecule has 6 nitrogen and oxygen atoms in total. The normalized spacial score (nSPS) is 10.9. The van der Waals surface area contributed by atoms with Gasteiger partial charge in [0, 0.05) is 17.5 Å². The van der Waals surface area contributed by atoms with Crippen molar-refractivity contribution in [3.05, 3.63) is 86.4 Å². The zero-order valence-electron chi connectivity index (χ0n) is 14.2. The van der Waals surface area contributed by atoms with E-state index in [9.17, 15) is 14.9 Å². The fraction of sp³-hybridized carbons (Fsp3) is 0.0526. The molecular formula is C19H14ClN3O3S. The summed E-state index contributed by atoms with van der Waals surface area (Å²) in [5, 5.41) is 13.5. The fourth-order valence-corrected chi connectivity index (χ4v) is 3.38. The van der Waals surface area contributed by atoms with Crippen molar-refractivity contribution in [2.75, 3.05) is 4.90 Å². The largest absolute Gasteiger partial charge is 0.288 e. The molecule has 0 unspecified atom stereocenters. The lowest BCUT2D eigenvalue weighted by atomic mass is 10.2. The highest BCUT2D eigenvalue weighted by molar-refractivity contribution is 7.14. The standard InChI is InChI=1S/C19H14ClN3O3S/c1-13-12-27-19(21-13)22(15-5-3-2-4-6-15)18(24)10-8-14-7-9-16(20)17(11-14)23(25)26/h2-12H,1H3/b10-8+. The number of aromatic nitrogens is 1. The van der Waals surface area contributed by atoms with Crippen LogP contribution in [-0.2, 0) is 4.79 Å². The van der Waals surface area contributed by atoms with Crippen LogP contribution in [0, 0.1) is 17.0 Å². The maximum atomic E-state index is 12.9. The third-order valence-electron chi connectivity index (χ3n) is 3.62. The Morgan fingerprint density at radius 3 is 2.63 bits per heavy atom. The molecule has 0 aliphatic carbocycles. The summed E-state index contributed by atoms with van der Waals surface area (Å²) in [7, 11) is 0. The van der Waals surface area contributed by atoms with Gasteiger partial charge in [-0.15, -0.1) is 11.3 Å². The predicted octanol–water partition coefficient (Wildman–Crippen LogP) is 5.39. The number of aryl methyl sites for hydroxylation is 1. The van der Waals surface area contributed by atoms with E-state index < -0.39 is 4.92 Å². The quantitative estimate of drug-likeness (QED) is 0.327. The maximum Gasteiger partial charge on any atom is 0.288 e. The summed E-state index contributed by atoms with van der Waals surface area (Å²) >= 11 is 7.18. The minimum absolute atomic E-state index is 0.0487. The molecule has 0 saturated heterocycles. The molecule has 2 aromatic carbocycles. The van der Waals surface area contributed by atoms with Gasteiger partial charge < -0.3 is 0 Å². The molecule has 0 N–H and O–H groups in total. The van der Waals surface area contributed by atoms with Crippen LogP contribution in [0.5, 0.6) is 0 Å². The third kappa shape index (κ3) is 4.39. The zero-order chi connectivity index (χ0) is 19.4. The molecule has 1 amide bonds. The van der Waals surface area contributed by atoms with Gasteiger partial charge in [-0.2, -0.15) is 0 Å². The monoisotopic (exact) mass is 399 g/mol. The second-order valence-corrected chi connectivity index (χ2v) is 6.83. The van der Waals surface area contributed by atoms with Crippen LogP contribution in [0.25, 0.3) is 6.08 Å². The fourth-order valence-electron chi connectivity index (χ4n) is 2.37. The molecule has 1 heterocycles. The minimum Gasteiger partial charge on any atom is -0.269 e. The summed E-state index contributed by atoms with van der Waals surface area (Å²) in [5.74, 6) is -0.312. The van der Waals surface area contributed by atoms with Crippen molar-refractivity contribution in [2.24, 2.45) is 0 Å². The van der Waals surface area contributed by atoms with E-state index in [0.29, 0.717) is 16.4 Å². The topological polar surface area (TPSA) is 76.3 Å². The van der Waals surface area contributed by atoms with E-state index in [1.54, 1.807) is 6.07 Å². The number of hydrogen-bond donors (Lipinski definition) is 0. The van der Waals surface area contributed by atoms with Crippen molar-refractivity contribution in [1.29, 1.82) is 0 Å². The molecule has 8 heteroatoms. The number of amides is 1. The van der Waals surface area contributed by atoms with Gasteiger partial charge in [-0.05, 0) is 36.8 Å². The van der Waals surface area contributed by atoms with Gasteiger partial charge in [0.1, 0.15) is 5.02 Å². The molecule has 0 bridgehead atoms. The molecule has 0 aliphatic rings. The number of carbonyl (C=O) groups is 1. The summed E-state index contributed by atoms with van der Waals surface area (Å²) in [6.45, 7) is 1.86. The number of halogens is 1. The number of nitro benzene ring substituents is 1. The Hall–Kier alpha value is -3.03. The Bertz CT molecular complexity index is 1020. The second kappa shape index (κ2) is 8.11. The molecule has 3 aromatic rings. The van der Waals surface area contributed by atoms with E-state index in [1.807, 2.05) is 42.6 Å². The van der Waals surface area contributed by atoms with Gasteiger partial charge in [-0.3, -0.25) is 19.8 Å². The summed E-state index contributed by atoms with van der Waals surface area (Å²) in [4.78, 5) is 29.2. The van der Waals surface area contributed by atoms with Crippen LogP contribution in [0.15, 0.2) is 60.0 Å². The number of nitro groups is 1. The molecule has 27 heavy (non-hydrogen) atoms. The first-order valence-electron chi connectivity index (χ1n) is 7.89. The molecule has 0 fully saturated rings. The zero-order valence-corrected chi connectivity index (χ0v) is 15.8. The van der Waals surface area contributed by atoms with E-state index in [-0.39, 0.29) is 16.6 Å². The number of thiazole rings is 1. The molecule has 0 saturated carbocycles. The van der Waals surface area contributed by atoms with Gasteiger partial charge >= 0.3 is 0 Å². The van der Waals surface area contributed by atoms with Gasteiger partial charge in [-0.25, -0.2) is 4.98 Å². The van der Waals surface area contributed by atoms with Crippen molar-refractivity contribution in [2.45, 2.75) is 6.92 Å². The molecule has 1 aromatic heterocycles. The van der Waals surface area contributed by atoms with Crippen LogP contribution in [0.2, 0.25) is 5.02 Å². The number of rotatable bonds is 5. The van der Waals surface area contributed by atoms with E-state index >= 15 is 0 Å². The smallest absolute Gasteiger partial charge is 0.269 e. The molecule has 0 atom stereocenters. The predicted molar refractivity (Wildman–Crippen MR) is 108 cm³/mol. The molecular weight excluding hydrogens is 386 g/mol. The van der Waals surface area contributed by atoms with Crippen molar-refractivity contribution in [3.63, 3.8) is 0 Å². The number of carbonyl (C=O) groups excluding carboxylic acids is 1. The molecule has 0 radical (unpaired) electrons. The van der Waals surface area contributed by atoms with E-state index in [0.717, 1.165) is 5.69 Å². The molecule has 136 valence electrons. The first-order valence-corrected chi connectivity index (χ1v) is 9.15. The van der Waals surface area contributed by atoms with Crippen LogP contribution in [0.3, 0.4) is 0 Å². The number of nitrogens with zero attached hydrogens (tertiary/aromatic N) is 3. The first-order chi connectivity index (χ1) is 13.0. The Morgan fingerprint density at radius 1 is 1.26 bits per heavy atom. The van der Waals surface area contributed by atoms with Crippen molar-refractivity contribution in [1.82, 2.24) is 4.98 Å². The van der Waals surface area contributed by atoms with Crippen molar-refractivity contribution < 1.29 is 9.72 Å². The summed E-state index contributed by atoms with van der Waals surface area (Å²) in [6, 6.07) is 13.5. The Labute approximate surface area is 164 Å². The summed E-state index contributed by atoms with van der Waals surface area (Å²) in [5.41, 5.74) is 1.80. The van der Waals surface area contributed by atoms with E-state index in [2.05, 4.69) is 4.98 Å². The van der Waals surface area contributed by atoms with Gasteiger partial charge in [-0.1, -0.05) is 35.9 Å². The van der Waals surface area contributed by atoms with Gasteiger partial charge in [0.25, 0.3) is 11.6 Å². The van der Waals surface area contributed by atoms with Crippen LogP contribution < -0.4 is 4.90 Å². The highest BCUT2D eigenvalue weighted by Gasteiger charge is 2.19. The van der Waals surface area contributed by atoms with Crippen LogP contribution in [-0.4, -0.2) is 15.8 Å². The highest BCUT2D eigenvalue weighted by Crippen LogP contribution is 2.29.